The maximum Gasteiger partial charge on any atom is 0.303 e. The molecule has 1 aliphatic rings. The average molecular weight is 420 g/mol. The van der Waals surface area contributed by atoms with Gasteiger partial charge in [-0.1, -0.05) is 0 Å². The van der Waals surface area contributed by atoms with E-state index in [0.29, 0.717) is 17.1 Å². The molecule has 1 aromatic rings. The fourth-order valence-corrected chi connectivity index (χ4v) is 3.19. The van der Waals surface area contributed by atoms with Crippen molar-refractivity contribution in [3.63, 3.8) is 0 Å². The number of Topliss-reactive ketones (excluding diaryl/α,β-unsaturated/α-hetero) is 1. The Bertz CT molecular complexity index is 871. The van der Waals surface area contributed by atoms with E-state index in [9.17, 15) is 19.2 Å². The van der Waals surface area contributed by atoms with Crippen LogP contribution in [-0.4, -0.2) is 56.2 Å². The molecule has 0 spiro atoms. The number of carbonyl (C=O) groups excluding carboxylic acids is 4. The third-order valence-corrected chi connectivity index (χ3v) is 4.34. The monoisotopic (exact) mass is 420 g/mol. The van der Waals surface area contributed by atoms with Gasteiger partial charge in [-0.15, -0.1) is 0 Å². The Labute approximate surface area is 173 Å². The maximum atomic E-state index is 13.1. The molecule has 1 aromatic carbocycles. The van der Waals surface area contributed by atoms with Crippen molar-refractivity contribution in [3.05, 3.63) is 35.4 Å². The SMILES string of the molecule is COc1ccc(C(=O)C2=C[C@@H](OC(C)=O)[C@@H](OC(C)=O)[C@H](OC(C)=O)C2)cc1OC. The third-order valence-electron chi connectivity index (χ3n) is 4.34. The zero-order valence-electron chi connectivity index (χ0n) is 17.4. The summed E-state index contributed by atoms with van der Waals surface area (Å²) in [6, 6.07) is 4.66. The molecule has 0 N–H and O–H groups in total. The lowest BCUT2D eigenvalue weighted by Crippen LogP contribution is -2.47. The Morgan fingerprint density at radius 3 is 1.97 bits per heavy atom. The first kappa shape index (κ1) is 22.9. The van der Waals surface area contributed by atoms with Crippen molar-refractivity contribution >= 4 is 23.7 Å². The van der Waals surface area contributed by atoms with Gasteiger partial charge in [0.2, 0.25) is 0 Å². The van der Waals surface area contributed by atoms with E-state index < -0.39 is 36.2 Å². The summed E-state index contributed by atoms with van der Waals surface area (Å²) in [5, 5.41) is 0. The van der Waals surface area contributed by atoms with Crippen LogP contribution in [0.2, 0.25) is 0 Å². The second-order valence-corrected chi connectivity index (χ2v) is 6.59. The Morgan fingerprint density at radius 2 is 1.43 bits per heavy atom. The van der Waals surface area contributed by atoms with Gasteiger partial charge in [-0.25, -0.2) is 0 Å². The summed E-state index contributed by atoms with van der Waals surface area (Å²) in [6.45, 7) is 3.56. The number of ether oxygens (including phenoxy) is 5. The van der Waals surface area contributed by atoms with E-state index in [-0.39, 0.29) is 17.8 Å². The average Bonchev–Trinajstić information content (AvgIpc) is 2.67. The molecule has 0 amide bonds. The van der Waals surface area contributed by atoms with Gasteiger partial charge in [0.15, 0.2) is 29.5 Å². The largest absolute Gasteiger partial charge is 0.493 e. The molecule has 9 heteroatoms. The van der Waals surface area contributed by atoms with Crippen LogP contribution >= 0.6 is 0 Å². The number of esters is 3. The highest BCUT2D eigenvalue weighted by molar-refractivity contribution is 6.09. The van der Waals surface area contributed by atoms with Crippen molar-refractivity contribution in [2.45, 2.75) is 45.5 Å². The van der Waals surface area contributed by atoms with Crippen molar-refractivity contribution in [2.75, 3.05) is 14.2 Å². The fraction of sp³-hybridized carbons (Fsp3) is 0.429. The predicted octanol–water partition coefficient (Wildman–Crippen LogP) is 2.01. The van der Waals surface area contributed by atoms with Gasteiger partial charge in [0, 0.05) is 38.3 Å². The molecule has 1 aliphatic carbocycles. The molecule has 2 rings (SSSR count). The quantitative estimate of drug-likeness (QED) is 0.371. The van der Waals surface area contributed by atoms with Crippen LogP contribution in [0.1, 0.15) is 37.6 Å². The number of ketones is 1. The summed E-state index contributed by atoms with van der Waals surface area (Å²) in [6.07, 6.45) is -1.78. The van der Waals surface area contributed by atoms with E-state index in [1.807, 2.05) is 0 Å². The number of methoxy groups -OCH3 is 2. The van der Waals surface area contributed by atoms with E-state index >= 15 is 0 Å². The number of rotatable bonds is 7. The predicted molar refractivity (Wildman–Crippen MR) is 103 cm³/mol. The standard InChI is InChI=1S/C21H24O9/c1-11(22)28-18-9-15(10-19(29-12(2)23)21(18)30-13(3)24)20(25)14-6-7-16(26-4)17(8-14)27-5/h6-9,18-19,21H,10H2,1-5H3/t18-,19-,21-/m1/s1. The molecule has 0 bridgehead atoms. The first-order chi connectivity index (χ1) is 14.2. The topological polar surface area (TPSA) is 114 Å². The minimum Gasteiger partial charge on any atom is -0.493 e. The van der Waals surface area contributed by atoms with Gasteiger partial charge in [-0.05, 0) is 24.3 Å². The minimum absolute atomic E-state index is 0.0253. The molecule has 0 heterocycles. The van der Waals surface area contributed by atoms with Crippen molar-refractivity contribution in [2.24, 2.45) is 0 Å². The Hall–Kier alpha value is -3.36. The van der Waals surface area contributed by atoms with Gasteiger partial charge in [0.05, 0.1) is 14.2 Å². The van der Waals surface area contributed by atoms with Gasteiger partial charge in [0.1, 0.15) is 6.10 Å². The van der Waals surface area contributed by atoms with Crippen LogP contribution in [0.15, 0.2) is 29.8 Å². The molecular formula is C21H24O9. The van der Waals surface area contributed by atoms with Crippen LogP contribution in [-0.2, 0) is 28.6 Å². The summed E-state index contributed by atoms with van der Waals surface area (Å²) >= 11 is 0. The van der Waals surface area contributed by atoms with Crippen molar-refractivity contribution in [1.29, 1.82) is 0 Å². The Kier molecular flexibility index (Phi) is 7.57. The molecule has 0 fully saturated rings. The number of carbonyl (C=O) groups is 4. The molecule has 0 aromatic heterocycles. The van der Waals surface area contributed by atoms with Gasteiger partial charge in [0.25, 0.3) is 0 Å². The van der Waals surface area contributed by atoms with Crippen molar-refractivity contribution in [3.8, 4) is 11.5 Å². The van der Waals surface area contributed by atoms with Crippen LogP contribution in [0.5, 0.6) is 11.5 Å². The first-order valence-corrected chi connectivity index (χ1v) is 9.15. The van der Waals surface area contributed by atoms with E-state index in [1.165, 1.54) is 47.1 Å². The minimum atomic E-state index is -1.09. The normalized spacial score (nSPS) is 20.4. The van der Waals surface area contributed by atoms with Gasteiger partial charge < -0.3 is 23.7 Å². The molecule has 0 radical (unpaired) electrons. The molecule has 0 aliphatic heterocycles. The van der Waals surface area contributed by atoms with Crippen LogP contribution < -0.4 is 9.47 Å². The molecular weight excluding hydrogens is 396 g/mol. The Balaban J connectivity index is 2.45. The molecule has 3 atom stereocenters. The smallest absolute Gasteiger partial charge is 0.303 e. The van der Waals surface area contributed by atoms with E-state index in [2.05, 4.69) is 0 Å². The number of hydrogen-bond acceptors (Lipinski definition) is 9. The van der Waals surface area contributed by atoms with E-state index in [1.54, 1.807) is 12.1 Å². The number of hydrogen-bond donors (Lipinski definition) is 0. The van der Waals surface area contributed by atoms with Crippen LogP contribution in [0.25, 0.3) is 0 Å². The zero-order valence-corrected chi connectivity index (χ0v) is 17.4. The van der Waals surface area contributed by atoms with Crippen LogP contribution in [0.4, 0.5) is 0 Å². The first-order valence-electron chi connectivity index (χ1n) is 9.15. The molecule has 30 heavy (non-hydrogen) atoms. The van der Waals surface area contributed by atoms with Crippen molar-refractivity contribution < 1.29 is 42.9 Å². The van der Waals surface area contributed by atoms with E-state index in [4.69, 9.17) is 23.7 Å². The summed E-state index contributed by atoms with van der Waals surface area (Å²) in [7, 11) is 2.93. The van der Waals surface area contributed by atoms with Gasteiger partial charge in [-0.2, -0.15) is 0 Å². The highest BCUT2D eigenvalue weighted by Crippen LogP contribution is 2.32. The molecule has 162 valence electrons. The summed E-state index contributed by atoms with van der Waals surface area (Å²) in [5.74, 6) is -1.47. The molecule has 0 saturated heterocycles. The Morgan fingerprint density at radius 1 is 0.833 bits per heavy atom. The zero-order chi connectivity index (χ0) is 22.4. The highest BCUT2D eigenvalue weighted by Gasteiger charge is 2.41. The lowest BCUT2D eigenvalue weighted by Gasteiger charge is -2.34. The molecule has 0 saturated carbocycles. The second-order valence-electron chi connectivity index (χ2n) is 6.59. The van der Waals surface area contributed by atoms with Gasteiger partial charge in [-0.3, -0.25) is 19.2 Å². The lowest BCUT2D eigenvalue weighted by molar-refractivity contribution is -0.180. The van der Waals surface area contributed by atoms with Crippen LogP contribution in [0.3, 0.4) is 0 Å². The second kappa shape index (κ2) is 9.91. The summed E-state index contributed by atoms with van der Waals surface area (Å²) in [5.41, 5.74) is 0.538. The van der Waals surface area contributed by atoms with Crippen molar-refractivity contribution in [1.82, 2.24) is 0 Å². The fourth-order valence-electron chi connectivity index (χ4n) is 3.19. The lowest BCUT2D eigenvalue weighted by atomic mass is 9.87. The summed E-state index contributed by atoms with van der Waals surface area (Å²) < 4.78 is 26.1. The highest BCUT2D eigenvalue weighted by atomic mass is 16.6. The van der Waals surface area contributed by atoms with Crippen LogP contribution in [0, 0.1) is 0 Å². The molecule has 0 unspecified atom stereocenters. The van der Waals surface area contributed by atoms with Gasteiger partial charge >= 0.3 is 17.9 Å². The summed E-state index contributed by atoms with van der Waals surface area (Å²) in [4.78, 5) is 47.8. The third kappa shape index (κ3) is 5.59. The number of benzene rings is 1. The molecule has 9 nitrogen and oxygen atoms in total. The maximum absolute atomic E-state index is 13.1. The van der Waals surface area contributed by atoms with E-state index in [0.717, 1.165) is 0 Å².